The molecule has 0 unspecified atom stereocenters. The lowest BCUT2D eigenvalue weighted by molar-refractivity contribution is 0.352. The summed E-state index contributed by atoms with van der Waals surface area (Å²) in [6, 6.07) is 8.13. The Morgan fingerprint density at radius 1 is 1.36 bits per heavy atom. The van der Waals surface area contributed by atoms with Crippen LogP contribution in [0.25, 0.3) is 0 Å². The van der Waals surface area contributed by atoms with Crippen LogP contribution in [0.15, 0.2) is 35.4 Å². The molecule has 14 heavy (non-hydrogen) atoms. The first-order valence-corrected chi connectivity index (χ1v) is 5.17. The lowest BCUT2D eigenvalue weighted by Gasteiger charge is -2.06. The van der Waals surface area contributed by atoms with E-state index in [1.54, 1.807) is 5.54 Å². The number of ether oxygens (including phenoxy) is 1. The summed E-state index contributed by atoms with van der Waals surface area (Å²) in [6.45, 7) is 4.62. The second-order valence-corrected chi connectivity index (χ2v) is 3.46. The number of benzene rings is 1. The molecular formula is C12H15ClO. The molecule has 0 aromatic heterocycles. The third-order valence-corrected chi connectivity index (χ3v) is 2.36. The zero-order valence-corrected chi connectivity index (χ0v) is 9.34. The maximum absolute atomic E-state index is 5.52. The van der Waals surface area contributed by atoms with Crippen LogP contribution in [0.1, 0.15) is 19.4 Å². The van der Waals surface area contributed by atoms with E-state index >= 15 is 0 Å². The summed E-state index contributed by atoms with van der Waals surface area (Å²) in [7, 11) is 0. The highest BCUT2D eigenvalue weighted by Gasteiger charge is 1.94. The average Bonchev–Trinajstić information content (AvgIpc) is 2.26. The highest BCUT2D eigenvalue weighted by atomic mass is 35.5. The molecule has 0 aliphatic rings. The van der Waals surface area contributed by atoms with E-state index in [2.05, 4.69) is 19.1 Å². The molecule has 1 rings (SSSR count). The van der Waals surface area contributed by atoms with Crippen molar-refractivity contribution in [2.24, 2.45) is 0 Å². The topological polar surface area (TPSA) is 9.23 Å². The number of aryl methyl sites for hydroxylation is 1. The van der Waals surface area contributed by atoms with Crippen molar-refractivity contribution in [3.63, 3.8) is 0 Å². The van der Waals surface area contributed by atoms with Gasteiger partial charge in [-0.3, -0.25) is 0 Å². The lowest BCUT2D eigenvalue weighted by atomic mass is 10.2. The van der Waals surface area contributed by atoms with Crippen LogP contribution < -0.4 is 4.74 Å². The molecule has 0 spiro atoms. The number of hydrogen-bond acceptors (Lipinski definition) is 1. The van der Waals surface area contributed by atoms with Gasteiger partial charge >= 0.3 is 0 Å². The molecule has 0 amide bonds. The molecule has 76 valence electrons. The summed E-state index contributed by atoms with van der Waals surface area (Å²) in [5.74, 6) is 0.889. The van der Waals surface area contributed by atoms with Crippen LogP contribution in [0.3, 0.4) is 0 Å². The molecule has 0 N–H and O–H groups in total. The predicted molar refractivity (Wildman–Crippen MR) is 60.9 cm³/mol. The molecule has 0 aliphatic heterocycles. The molecule has 0 bridgehead atoms. The molecule has 0 saturated heterocycles. The van der Waals surface area contributed by atoms with E-state index in [0.717, 1.165) is 17.7 Å². The quantitative estimate of drug-likeness (QED) is 0.735. The summed E-state index contributed by atoms with van der Waals surface area (Å²) >= 11 is 5.52. The summed E-state index contributed by atoms with van der Waals surface area (Å²) < 4.78 is 5.51. The Hall–Kier alpha value is -0.950. The van der Waals surface area contributed by atoms with Crippen LogP contribution in [-0.4, -0.2) is 6.61 Å². The normalized spacial score (nSPS) is 11.5. The SMILES string of the molecule is CCc1ccc(OC/C(C)=C/Cl)cc1. The first kappa shape index (κ1) is 11.1. The standard InChI is InChI=1S/C12H15ClO/c1-3-11-4-6-12(7-5-11)14-9-10(2)8-13/h4-8H,3,9H2,1-2H3/b10-8+. The third kappa shape index (κ3) is 3.43. The second-order valence-electron chi connectivity index (χ2n) is 3.24. The molecule has 1 aromatic rings. The maximum atomic E-state index is 5.52. The van der Waals surface area contributed by atoms with Gasteiger partial charge in [-0.1, -0.05) is 30.7 Å². The summed E-state index contributed by atoms with van der Waals surface area (Å²) in [5.41, 5.74) is 3.88. The average molecular weight is 211 g/mol. The minimum absolute atomic E-state index is 0.551. The largest absolute Gasteiger partial charge is 0.489 e. The number of rotatable bonds is 4. The van der Waals surface area contributed by atoms with Gasteiger partial charge < -0.3 is 4.74 Å². The van der Waals surface area contributed by atoms with E-state index in [0.29, 0.717) is 6.61 Å². The van der Waals surface area contributed by atoms with Gasteiger partial charge in [0.15, 0.2) is 0 Å². The van der Waals surface area contributed by atoms with Gasteiger partial charge in [0.05, 0.1) is 0 Å². The molecule has 0 fully saturated rings. The fraction of sp³-hybridized carbons (Fsp3) is 0.333. The van der Waals surface area contributed by atoms with Gasteiger partial charge in [-0.15, -0.1) is 0 Å². The molecular weight excluding hydrogens is 196 g/mol. The Labute approximate surface area is 90.3 Å². The zero-order valence-electron chi connectivity index (χ0n) is 8.59. The van der Waals surface area contributed by atoms with E-state index in [9.17, 15) is 0 Å². The van der Waals surface area contributed by atoms with Gasteiger partial charge in [0.2, 0.25) is 0 Å². The van der Waals surface area contributed by atoms with Crippen LogP contribution in [0.4, 0.5) is 0 Å². The molecule has 2 heteroatoms. The Morgan fingerprint density at radius 2 is 2.00 bits per heavy atom. The van der Waals surface area contributed by atoms with E-state index < -0.39 is 0 Å². The minimum atomic E-state index is 0.551. The summed E-state index contributed by atoms with van der Waals surface area (Å²) in [5, 5.41) is 0. The Morgan fingerprint density at radius 3 is 2.50 bits per heavy atom. The summed E-state index contributed by atoms with van der Waals surface area (Å²) in [6.07, 6.45) is 1.06. The van der Waals surface area contributed by atoms with Crippen molar-refractivity contribution in [1.29, 1.82) is 0 Å². The van der Waals surface area contributed by atoms with Crippen LogP contribution in [-0.2, 0) is 6.42 Å². The van der Waals surface area contributed by atoms with E-state index in [1.807, 2.05) is 19.1 Å². The molecule has 0 atom stereocenters. The third-order valence-electron chi connectivity index (χ3n) is 1.98. The second kappa shape index (κ2) is 5.71. The number of hydrogen-bond donors (Lipinski definition) is 0. The maximum Gasteiger partial charge on any atom is 0.119 e. The molecule has 0 radical (unpaired) electrons. The van der Waals surface area contributed by atoms with Gasteiger partial charge in [-0.05, 0) is 36.6 Å². The van der Waals surface area contributed by atoms with Crippen LogP contribution in [0.5, 0.6) is 5.75 Å². The van der Waals surface area contributed by atoms with Crippen molar-refractivity contribution in [3.8, 4) is 5.75 Å². The smallest absolute Gasteiger partial charge is 0.119 e. The van der Waals surface area contributed by atoms with Crippen molar-refractivity contribution >= 4 is 11.6 Å². The van der Waals surface area contributed by atoms with E-state index in [4.69, 9.17) is 16.3 Å². The van der Waals surface area contributed by atoms with Gasteiger partial charge in [-0.2, -0.15) is 0 Å². The Bertz CT molecular complexity index is 301. The van der Waals surface area contributed by atoms with E-state index in [1.165, 1.54) is 5.56 Å². The van der Waals surface area contributed by atoms with Crippen molar-refractivity contribution in [1.82, 2.24) is 0 Å². The Kier molecular flexibility index (Phi) is 4.54. The summed E-state index contributed by atoms with van der Waals surface area (Å²) in [4.78, 5) is 0. The van der Waals surface area contributed by atoms with Gasteiger partial charge in [0.25, 0.3) is 0 Å². The lowest BCUT2D eigenvalue weighted by Crippen LogP contribution is -1.97. The zero-order chi connectivity index (χ0) is 10.4. The fourth-order valence-electron chi connectivity index (χ4n) is 1.05. The molecule has 0 saturated carbocycles. The van der Waals surface area contributed by atoms with Crippen molar-refractivity contribution in [3.05, 3.63) is 40.9 Å². The minimum Gasteiger partial charge on any atom is -0.489 e. The first-order valence-electron chi connectivity index (χ1n) is 4.74. The van der Waals surface area contributed by atoms with Crippen molar-refractivity contribution in [2.75, 3.05) is 6.61 Å². The van der Waals surface area contributed by atoms with Crippen LogP contribution >= 0.6 is 11.6 Å². The monoisotopic (exact) mass is 210 g/mol. The van der Waals surface area contributed by atoms with Crippen LogP contribution in [0.2, 0.25) is 0 Å². The highest BCUT2D eigenvalue weighted by Crippen LogP contribution is 2.13. The van der Waals surface area contributed by atoms with Crippen LogP contribution in [0, 0.1) is 0 Å². The van der Waals surface area contributed by atoms with Gasteiger partial charge in [0.1, 0.15) is 12.4 Å². The van der Waals surface area contributed by atoms with Crippen molar-refractivity contribution in [2.45, 2.75) is 20.3 Å². The molecule has 0 heterocycles. The first-order chi connectivity index (χ1) is 6.76. The Balaban J connectivity index is 2.52. The molecule has 0 aliphatic carbocycles. The molecule has 1 aromatic carbocycles. The highest BCUT2D eigenvalue weighted by molar-refractivity contribution is 6.25. The predicted octanol–water partition coefficient (Wildman–Crippen LogP) is 3.77. The van der Waals surface area contributed by atoms with Gasteiger partial charge in [-0.25, -0.2) is 0 Å². The fourth-order valence-corrected chi connectivity index (χ4v) is 1.11. The van der Waals surface area contributed by atoms with E-state index in [-0.39, 0.29) is 0 Å². The van der Waals surface area contributed by atoms with Crippen molar-refractivity contribution < 1.29 is 4.74 Å². The molecule has 1 nitrogen and oxygen atoms in total. The number of halogens is 1. The van der Waals surface area contributed by atoms with Gasteiger partial charge in [0, 0.05) is 5.54 Å².